The molecule has 0 aliphatic rings. The average Bonchev–Trinajstić information content (AvgIpc) is 3.03. The van der Waals surface area contributed by atoms with Gasteiger partial charge in [0.2, 0.25) is 0 Å². The van der Waals surface area contributed by atoms with Crippen LogP contribution >= 0.6 is 22.9 Å². The first-order valence-electron chi connectivity index (χ1n) is 6.78. The van der Waals surface area contributed by atoms with E-state index in [1.807, 2.05) is 0 Å². The zero-order chi connectivity index (χ0) is 17.1. The Morgan fingerprint density at radius 3 is 2.43 bits per heavy atom. The van der Waals surface area contributed by atoms with Crippen LogP contribution in [-0.2, 0) is 4.74 Å². The number of aromatic nitrogens is 2. The van der Waals surface area contributed by atoms with Crippen molar-refractivity contribution in [3.05, 3.63) is 26.6 Å². The number of anilines is 1. The third kappa shape index (κ3) is 3.45. The molecule has 9 heteroatoms. The molecule has 0 radical (unpaired) electrons. The van der Waals surface area contributed by atoms with Crippen LogP contribution in [0, 0.1) is 13.8 Å². The number of carbonyl (C=O) groups excluding carboxylic acids is 3. The fraction of sp³-hybridized carbons (Fsp3) is 0.357. The maximum Gasteiger partial charge on any atom is 0.341 e. The van der Waals surface area contributed by atoms with Gasteiger partial charge in [-0.3, -0.25) is 9.59 Å². The summed E-state index contributed by atoms with van der Waals surface area (Å²) in [5, 5.41) is 6.74. The minimum absolute atomic E-state index is 0.172. The molecule has 1 N–H and O–H groups in total. The van der Waals surface area contributed by atoms with E-state index in [-0.39, 0.29) is 18.0 Å². The Hall–Kier alpha value is -2.13. The minimum atomic E-state index is -0.566. The number of Topliss-reactive ketones (excluding diaryl/α,β-unsaturated/α-hetero) is 1. The molecule has 0 atom stereocenters. The van der Waals surface area contributed by atoms with Gasteiger partial charge in [-0.05, 0) is 44.8 Å². The maximum absolute atomic E-state index is 12.3. The first kappa shape index (κ1) is 17.2. The standard InChI is InChI=1S/C14H15N3O4S2/c1-5-21-14(20)9-6(2)10(8(4)18)22-13(9)15-12(19)11-7(3)16-17-23-11/h5H2,1-4H3,(H,15,19). The number of ether oxygens (including phenoxy) is 1. The average molecular weight is 353 g/mol. The van der Waals surface area contributed by atoms with Crippen LogP contribution in [0.25, 0.3) is 0 Å². The van der Waals surface area contributed by atoms with Gasteiger partial charge < -0.3 is 10.1 Å². The first-order valence-corrected chi connectivity index (χ1v) is 8.37. The lowest BCUT2D eigenvalue weighted by molar-refractivity contribution is 0.0527. The molecule has 0 spiro atoms. The Morgan fingerprint density at radius 1 is 1.22 bits per heavy atom. The number of nitrogens with one attached hydrogen (secondary N) is 1. The van der Waals surface area contributed by atoms with Crippen LogP contribution in [-0.4, -0.2) is 33.9 Å². The first-order chi connectivity index (χ1) is 10.9. The smallest absolute Gasteiger partial charge is 0.341 e. The largest absolute Gasteiger partial charge is 0.462 e. The van der Waals surface area contributed by atoms with Crippen molar-refractivity contribution in [2.75, 3.05) is 11.9 Å². The fourth-order valence-electron chi connectivity index (χ4n) is 1.99. The Morgan fingerprint density at radius 2 is 1.91 bits per heavy atom. The molecule has 0 aliphatic heterocycles. The van der Waals surface area contributed by atoms with Crippen LogP contribution in [0.3, 0.4) is 0 Å². The number of hydrogen-bond acceptors (Lipinski definition) is 8. The molecule has 122 valence electrons. The number of hydrogen-bond donors (Lipinski definition) is 1. The molecule has 2 aromatic heterocycles. The number of thiophene rings is 1. The topological polar surface area (TPSA) is 98.2 Å². The molecule has 2 aromatic rings. The molecule has 0 aliphatic carbocycles. The molecule has 7 nitrogen and oxygen atoms in total. The SMILES string of the molecule is CCOC(=O)c1c(NC(=O)c2snnc2C)sc(C(C)=O)c1C. The highest BCUT2D eigenvalue weighted by molar-refractivity contribution is 7.19. The zero-order valence-corrected chi connectivity index (χ0v) is 14.7. The lowest BCUT2D eigenvalue weighted by Crippen LogP contribution is -2.14. The van der Waals surface area contributed by atoms with Crippen molar-refractivity contribution >= 4 is 45.5 Å². The maximum atomic E-state index is 12.3. The van der Waals surface area contributed by atoms with Crippen LogP contribution in [0.1, 0.15) is 54.8 Å². The Bertz CT molecular complexity index is 779. The van der Waals surface area contributed by atoms with Crippen LogP contribution < -0.4 is 5.32 Å². The van der Waals surface area contributed by atoms with Gasteiger partial charge in [-0.15, -0.1) is 16.4 Å². The van der Waals surface area contributed by atoms with Crippen molar-refractivity contribution in [3.63, 3.8) is 0 Å². The van der Waals surface area contributed by atoms with Gasteiger partial charge in [0.1, 0.15) is 9.88 Å². The van der Waals surface area contributed by atoms with Gasteiger partial charge in [0.25, 0.3) is 5.91 Å². The molecule has 0 saturated carbocycles. The molecule has 23 heavy (non-hydrogen) atoms. The molecule has 0 fully saturated rings. The molecule has 1 amide bonds. The van der Waals surface area contributed by atoms with E-state index in [4.69, 9.17) is 4.74 Å². The highest BCUT2D eigenvalue weighted by Crippen LogP contribution is 2.34. The summed E-state index contributed by atoms with van der Waals surface area (Å²) in [5.74, 6) is -1.16. The number of ketones is 1. The predicted octanol–water partition coefficient (Wildman–Crippen LogP) is 2.85. The number of aryl methyl sites for hydroxylation is 1. The van der Waals surface area contributed by atoms with E-state index in [9.17, 15) is 14.4 Å². The quantitative estimate of drug-likeness (QED) is 0.655. The van der Waals surface area contributed by atoms with Crippen molar-refractivity contribution in [2.24, 2.45) is 0 Å². The monoisotopic (exact) mass is 353 g/mol. The Labute approximate surface area is 140 Å². The summed E-state index contributed by atoms with van der Waals surface area (Å²) in [6, 6.07) is 0. The molecule has 2 heterocycles. The van der Waals surface area contributed by atoms with Gasteiger partial charge in [-0.25, -0.2) is 4.79 Å². The fourth-order valence-corrected chi connectivity index (χ4v) is 3.62. The van der Waals surface area contributed by atoms with Gasteiger partial charge in [-0.2, -0.15) is 0 Å². The molecule has 2 rings (SSSR count). The minimum Gasteiger partial charge on any atom is -0.462 e. The summed E-state index contributed by atoms with van der Waals surface area (Å²) in [6.45, 7) is 6.64. The highest BCUT2D eigenvalue weighted by Gasteiger charge is 2.26. The normalized spacial score (nSPS) is 10.4. The van der Waals surface area contributed by atoms with Gasteiger partial charge >= 0.3 is 5.97 Å². The van der Waals surface area contributed by atoms with Crippen molar-refractivity contribution < 1.29 is 19.1 Å². The molecule has 0 bridgehead atoms. The summed E-state index contributed by atoms with van der Waals surface area (Å²) in [7, 11) is 0. The van der Waals surface area contributed by atoms with E-state index >= 15 is 0 Å². The van der Waals surface area contributed by atoms with E-state index in [0.717, 1.165) is 22.9 Å². The van der Waals surface area contributed by atoms with E-state index in [1.54, 1.807) is 20.8 Å². The molecular formula is C14H15N3O4S2. The van der Waals surface area contributed by atoms with Crippen LogP contribution in [0.5, 0.6) is 0 Å². The summed E-state index contributed by atoms with van der Waals surface area (Å²) in [4.78, 5) is 36.9. The summed E-state index contributed by atoms with van der Waals surface area (Å²) in [6.07, 6.45) is 0. The number of esters is 1. The van der Waals surface area contributed by atoms with Crippen molar-refractivity contribution in [2.45, 2.75) is 27.7 Å². The predicted molar refractivity (Wildman–Crippen MR) is 87.6 cm³/mol. The number of amides is 1. The lowest BCUT2D eigenvalue weighted by Gasteiger charge is -2.06. The van der Waals surface area contributed by atoms with Crippen LogP contribution in [0.2, 0.25) is 0 Å². The van der Waals surface area contributed by atoms with E-state index in [1.165, 1.54) is 6.92 Å². The van der Waals surface area contributed by atoms with E-state index < -0.39 is 11.9 Å². The molecular weight excluding hydrogens is 338 g/mol. The lowest BCUT2D eigenvalue weighted by atomic mass is 10.1. The molecule has 0 aromatic carbocycles. The summed E-state index contributed by atoms with van der Waals surface area (Å²) >= 11 is 2.03. The van der Waals surface area contributed by atoms with Crippen molar-refractivity contribution in [1.29, 1.82) is 0 Å². The van der Waals surface area contributed by atoms with E-state index in [0.29, 0.717) is 26.0 Å². The van der Waals surface area contributed by atoms with Gasteiger partial charge in [0, 0.05) is 0 Å². The number of rotatable bonds is 5. The van der Waals surface area contributed by atoms with Crippen LogP contribution in [0.4, 0.5) is 5.00 Å². The van der Waals surface area contributed by atoms with Crippen molar-refractivity contribution in [3.8, 4) is 0 Å². The van der Waals surface area contributed by atoms with Gasteiger partial charge in [0.05, 0.1) is 22.7 Å². The second kappa shape index (κ2) is 6.97. The Kier molecular flexibility index (Phi) is 5.22. The zero-order valence-electron chi connectivity index (χ0n) is 13.1. The second-order valence-corrected chi connectivity index (χ2v) is 6.45. The Balaban J connectivity index is 2.42. The second-order valence-electron chi connectivity index (χ2n) is 4.68. The van der Waals surface area contributed by atoms with Crippen molar-refractivity contribution in [1.82, 2.24) is 9.59 Å². The number of nitrogens with zero attached hydrogens (tertiary/aromatic N) is 2. The third-order valence-electron chi connectivity index (χ3n) is 3.03. The summed E-state index contributed by atoms with van der Waals surface area (Å²) in [5.41, 5.74) is 1.23. The highest BCUT2D eigenvalue weighted by atomic mass is 32.1. The molecule has 0 unspecified atom stereocenters. The van der Waals surface area contributed by atoms with Gasteiger partial charge in [-0.1, -0.05) is 4.49 Å². The van der Waals surface area contributed by atoms with E-state index in [2.05, 4.69) is 14.9 Å². The van der Waals surface area contributed by atoms with Gasteiger partial charge in [0.15, 0.2) is 5.78 Å². The third-order valence-corrected chi connectivity index (χ3v) is 5.17. The summed E-state index contributed by atoms with van der Waals surface area (Å²) < 4.78 is 8.73. The van der Waals surface area contributed by atoms with Crippen LogP contribution in [0.15, 0.2) is 0 Å². The molecule has 0 saturated heterocycles. The number of carbonyl (C=O) groups is 3.